The van der Waals surface area contributed by atoms with Gasteiger partial charge >= 0.3 is 6.01 Å². The van der Waals surface area contributed by atoms with E-state index in [-0.39, 0.29) is 22.5 Å². The van der Waals surface area contributed by atoms with Crippen molar-refractivity contribution in [3.05, 3.63) is 34.6 Å². The molecule has 1 heterocycles. The number of carbonyl (C=O) groups is 1. The molecule has 0 fully saturated rings. The summed E-state index contributed by atoms with van der Waals surface area (Å²) in [5.74, 6) is -0.956. The second-order valence-electron chi connectivity index (χ2n) is 3.25. The molecule has 2 N–H and O–H groups in total. The molecule has 0 radical (unpaired) electrons. The van der Waals surface area contributed by atoms with Gasteiger partial charge in [-0.2, -0.15) is 4.98 Å². The van der Waals surface area contributed by atoms with Crippen molar-refractivity contribution in [3.8, 4) is 6.01 Å². The van der Waals surface area contributed by atoms with Crippen LogP contribution in [0.3, 0.4) is 0 Å². The highest BCUT2D eigenvalue weighted by Crippen LogP contribution is 2.16. The van der Waals surface area contributed by atoms with Crippen molar-refractivity contribution in [2.45, 2.75) is 0 Å². The molecule has 1 aromatic heterocycles. The third-order valence-electron chi connectivity index (χ3n) is 2.06. The van der Waals surface area contributed by atoms with Gasteiger partial charge in [0.15, 0.2) is 0 Å². The predicted molar refractivity (Wildman–Crippen MR) is 62.3 cm³/mol. The van der Waals surface area contributed by atoms with Crippen molar-refractivity contribution in [1.29, 1.82) is 0 Å². The van der Waals surface area contributed by atoms with Gasteiger partial charge in [-0.3, -0.25) is 10.1 Å². The summed E-state index contributed by atoms with van der Waals surface area (Å²) in [5, 5.41) is 8.42. The quantitative estimate of drug-likeness (QED) is 0.892. The minimum absolute atomic E-state index is 0.0995. The van der Waals surface area contributed by atoms with Gasteiger partial charge in [-0.25, -0.2) is 9.49 Å². The highest BCUT2D eigenvalue weighted by atomic mass is 35.5. The van der Waals surface area contributed by atoms with E-state index in [1.165, 1.54) is 19.2 Å². The normalized spacial score (nSPS) is 10.2. The number of nitrogens with one attached hydrogen (secondary N) is 2. The zero-order valence-corrected chi connectivity index (χ0v) is 9.95. The number of hydrogen-bond donors (Lipinski definition) is 2. The van der Waals surface area contributed by atoms with E-state index in [1.54, 1.807) is 0 Å². The molecule has 0 aliphatic heterocycles. The van der Waals surface area contributed by atoms with E-state index in [0.29, 0.717) is 0 Å². The predicted octanol–water partition coefficient (Wildman–Crippen LogP) is 1.86. The first-order chi connectivity index (χ1) is 8.60. The van der Waals surface area contributed by atoms with E-state index >= 15 is 0 Å². The van der Waals surface area contributed by atoms with E-state index in [9.17, 15) is 9.18 Å². The van der Waals surface area contributed by atoms with E-state index < -0.39 is 11.7 Å². The van der Waals surface area contributed by atoms with Gasteiger partial charge in [-0.15, -0.1) is 5.10 Å². The van der Waals surface area contributed by atoms with Crippen LogP contribution in [0.15, 0.2) is 18.2 Å². The van der Waals surface area contributed by atoms with Crippen molar-refractivity contribution in [2.24, 2.45) is 0 Å². The summed E-state index contributed by atoms with van der Waals surface area (Å²) >= 11 is 5.58. The Morgan fingerprint density at radius 2 is 2.33 bits per heavy atom. The minimum atomic E-state index is -0.588. The van der Waals surface area contributed by atoms with Gasteiger partial charge in [0.2, 0.25) is 5.95 Å². The van der Waals surface area contributed by atoms with Crippen molar-refractivity contribution in [3.63, 3.8) is 0 Å². The standard InChI is InChI=1S/C10H8ClFN4O2/c1-18-10-14-9(15-16-10)13-8(17)5-2-3-7(12)6(11)4-5/h2-4H,1H3,(H2,13,14,15,16,17). The molecule has 94 valence electrons. The molecule has 6 nitrogen and oxygen atoms in total. The second kappa shape index (κ2) is 5.01. The fraction of sp³-hybridized carbons (Fsp3) is 0.100. The number of nitrogens with zero attached hydrogens (tertiary/aromatic N) is 2. The first kappa shape index (κ1) is 12.3. The Kier molecular flexibility index (Phi) is 3.42. The first-order valence-electron chi connectivity index (χ1n) is 4.83. The maximum atomic E-state index is 12.9. The van der Waals surface area contributed by atoms with Crippen molar-refractivity contribution >= 4 is 23.5 Å². The van der Waals surface area contributed by atoms with Crippen LogP contribution in [-0.4, -0.2) is 28.2 Å². The number of aromatic amines is 1. The van der Waals surface area contributed by atoms with E-state index in [2.05, 4.69) is 20.5 Å². The summed E-state index contributed by atoms with van der Waals surface area (Å²) in [6, 6.07) is 3.74. The number of anilines is 1. The third-order valence-corrected chi connectivity index (χ3v) is 2.35. The summed E-state index contributed by atoms with van der Waals surface area (Å²) in [7, 11) is 1.40. The molecule has 0 unspecified atom stereocenters. The lowest BCUT2D eigenvalue weighted by atomic mass is 10.2. The Morgan fingerprint density at radius 1 is 1.56 bits per heavy atom. The Hall–Kier alpha value is -2.15. The summed E-state index contributed by atoms with van der Waals surface area (Å²) in [4.78, 5) is 15.6. The third kappa shape index (κ3) is 2.57. The summed E-state index contributed by atoms with van der Waals surface area (Å²) < 4.78 is 17.7. The molecule has 0 aliphatic carbocycles. The molecule has 8 heteroatoms. The van der Waals surface area contributed by atoms with Crippen LogP contribution in [0.1, 0.15) is 10.4 Å². The van der Waals surface area contributed by atoms with E-state index in [0.717, 1.165) is 6.07 Å². The van der Waals surface area contributed by atoms with Crippen LogP contribution in [0.25, 0.3) is 0 Å². The zero-order chi connectivity index (χ0) is 13.1. The molecule has 1 aromatic carbocycles. The van der Waals surface area contributed by atoms with Gasteiger partial charge in [0.25, 0.3) is 5.91 Å². The number of ether oxygens (including phenoxy) is 1. The number of aromatic nitrogens is 3. The minimum Gasteiger partial charge on any atom is -0.466 e. The molecular weight excluding hydrogens is 263 g/mol. The van der Waals surface area contributed by atoms with Crippen LogP contribution in [0.5, 0.6) is 6.01 Å². The Bertz CT molecular complexity index is 587. The van der Waals surface area contributed by atoms with Gasteiger partial charge in [0, 0.05) is 5.56 Å². The van der Waals surface area contributed by atoms with Gasteiger partial charge in [0.1, 0.15) is 5.82 Å². The molecule has 0 spiro atoms. The van der Waals surface area contributed by atoms with Crippen LogP contribution >= 0.6 is 11.6 Å². The van der Waals surface area contributed by atoms with Gasteiger partial charge in [-0.1, -0.05) is 11.6 Å². The Labute approximate surface area is 106 Å². The number of halogens is 2. The lowest BCUT2D eigenvalue weighted by Gasteiger charge is -2.02. The molecule has 0 bridgehead atoms. The zero-order valence-electron chi connectivity index (χ0n) is 9.20. The highest BCUT2D eigenvalue weighted by molar-refractivity contribution is 6.31. The summed E-state index contributed by atoms with van der Waals surface area (Å²) in [5.41, 5.74) is 0.205. The summed E-state index contributed by atoms with van der Waals surface area (Å²) in [6.07, 6.45) is 0. The lowest BCUT2D eigenvalue weighted by Crippen LogP contribution is -2.13. The molecule has 0 saturated heterocycles. The lowest BCUT2D eigenvalue weighted by molar-refractivity contribution is 0.102. The molecule has 2 rings (SSSR count). The second-order valence-corrected chi connectivity index (χ2v) is 3.66. The number of hydrogen-bond acceptors (Lipinski definition) is 4. The molecule has 0 atom stereocenters. The fourth-order valence-corrected chi connectivity index (χ4v) is 1.39. The van der Waals surface area contributed by atoms with Crippen molar-refractivity contribution in [2.75, 3.05) is 12.4 Å². The van der Waals surface area contributed by atoms with E-state index in [1.807, 2.05) is 0 Å². The molecular formula is C10H8ClFN4O2. The van der Waals surface area contributed by atoms with Crippen LogP contribution in [0.4, 0.5) is 10.3 Å². The van der Waals surface area contributed by atoms with Crippen molar-refractivity contribution in [1.82, 2.24) is 15.2 Å². The monoisotopic (exact) mass is 270 g/mol. The van der Waals surface area contributed by atoms with Crippen molar-refractivity contribution < 1.29 is 13.9 Å². The smallest absolute Gasteiger partial charge is 0.336 e. The van der Waals surface area contributed by atoms with Gasteiger partial charge in [0.05, 0.1) is 12.1 Å². The van der Waals surface area contributed by atoms with Crippen LogP contribution in [-0.2, 0) is 0 Å². The number of methoxy groups -OCH3 is 1. The first-order valence-corrected chi connectivity index (χ1v) is 5.20. The maximum Gasteiger partial charge on any atom is 0.336 e. The van der Waals surface area contributed by atoms with Gasteiger partial charge < -0.3 is 4.74 Å². The van der Waals surface area contributed by atoms with E-state index in [4.69, 9.17) is 16.3 Å². The topological polar surface area (TPSA) is 79.9 Å². The Balaban J connectivity index is 2.14. The summed E-state index contributed by atoms with van der Waals surface area (Å²) in [6.45, 7) is 0. The Morgan fingerprint density at radius 3 is 2.94 bits per heavy atom. The van der Waals surface area contributed by atoms with Crippen LogP contribution in [0, 0.1) is 5.82 Å². The van der Waals surface area contributed by atoms with Gasteiger partial charge in [-0.05, 0) is 18.2 Å². The largest absolute Gasteiger partial charge is 0.466 e. The average molecular weight is 271 g/mol. The number of H-pyrrole nitrogens is 1. The average Bonchev–Trinajstić information content (AvgIpc) is 2.80. The highest BCUT2D eigenvalue weighted by Gasteiger charge is 2.11. The number of carbonyl (C=O) groups excluding carboxylic acids is 1. The van der Waals surface area contributed by atoms with Crippen LogP contribution < -0.4 is 10.1 Å². The number of rotatable bonds is 3. The van der Waals surface area contributed by atoms with Crippen LogP contribution in [0.2, 0.25) is 5.02 Å². The number of amides is 1. The number of benzene rings is 1. The molecule has 0 saturated carbocycles. The SMILES string of the molecule is COc1n[nH]c(NC(=O)c2ccc(F)c(Cl)c2)n1. The molecule has 1 amide bonds. The maximum absolute atomic E-state index is 12.9. The molecule has 2 aromatic rings. The molecule has 0 aliphatic rings. The molecule has 18 heavy (non-hydrogen) atoms. The fourth-order valence-electron chi connectivity index (χ4n) is 1.21.